The van der Waals surface area contributed by atoms with Gasteiger partial charge in [0.1, 0.15) is 0 Å². The van der Waals surface area contributed by atoms with E-state index in [9.17, 15) is 8.42 Å². The fourth-order valence-electron chi connectivity index (χ4n) is 2.67. The molecule has 0 spiro atoms. The average molecular weight is 296 g/mol. The zero-order valence-electron chi connectivity index (χ0n) is 12.5. The number of nitrogens with zero attached hydrogens (tertiary/aromatic N) is 1. The Bertz CT molecular complexity index is 582. The predicted octanol–water partition coefficient (Wildman–Crippen LogP) is 2.69. The quantitative estimate of drug-likeness (QED) is 0.871. The molecule has 0 aromatic heterocycles. The molecular weight excluding hydrogens is 272 g/mol. The van der Waals surface area contributed by atoms with Crippen LogP contribution in [0.2, 0.25) is 0 Å². The number of piperidine rings is 1. The third kappa shape index (κ3) is 2.92. The van der Waals surface area contributed by atoms with Gasteiger partial charge in [-0.2, -0.15) is 0 Å². The van der Waals surface area contributed by atoms with Gasteiger partial charge in [0.05, 0.1) is 15.8 Å². The molecule has 0 saturated carbocycles. The van der Waals surface area contributed by atoms with E-state index in [-0.39, 0.29) is 4.90 Å². The zero-order chi connectivity index (χ0) is 14.9. The predicted molar refractivity (Wildman–Crippen MR) is 83.8 cm³/mol. The minimum absolute atomic E-state index is 0.251. The van der Waals surface area contributed by atoms with Crippen LogP contribution in [0.4, 0.5) is 11.4 Å². The molecule has 1 saturated heterocycles. The van der Waals surface area contributed by atoms with Gasteiger partial charge < -0.3 is 10.6 Å². The van der Waals surface area contributed by atoms with Crippen molar-refractivity contribution >= 4 is 21.2 Å². The van der Waals surface area contributed by atoms with E-state index < -0.39 is 15.1 Å². The molecule has 1 unspecified atom stereocenters. The highest BCUT2D eigenvalue weighted by atomic mass is 32.2. The van der Waals surface area contributed by atoms with E-state index in [1.807, 2.05) is 6.07 Å². The lowest BCUT2D eigenvalue weighted by molar-refractivity contribution is 0.447. The Balaban J connectivity index is 2.31. The van der Waals surface area contributed by atoms with Gasteiger partial charge in [0, 0.05) is 18.8 Å². The van der Waals surface area contributed by atoms with Crippen molar-refractivity contribution in [3.05, 3.63) is 18.2 Å². The molecule has 0 bridgehead atoms. The number of hydrogen-bond donors (Lipinski definition) is 1. The molecule has 0 aliphatic carbocycles. The maximum Gasteiger partial charge on any atom is 0.182 e. The Morgan fingerprint density at radius 2 is 2.05 bits per heavy atom. The van der Waals surface area contributed by atoms with Crippen molar-refractivity contribution in [1.29, 1.82) is 0 Å². The lowest BCUT2D eigenvalue weighted by Crippen LogP contribution is -2.34. The summed E-state index contributed by atoms with van der Waals surface area (Å²) in [5.74, 6) is 0.670. The van der Waals surface area contributed by atoms with Crippen LogP contribution in [-0.2, 0) is 9.84 Å². The highest BCUT2D eigenvalue weighted by Crippen LogP contribution is 2.29. The average Bonchev–Trinajstić information content (AvgIpc) is 2.38. The van der Waals surface area contributed by atoms with E-state index in [1.54, 1.807) is 26.0 Å². The SMILES string of the molecule is CC1CCCN(c2ccc(S(=O)(=O)C(C)C)c(N)c2)C1. The maximum atomic E-state index is 12.2. The van der Waals surface area contributed by atoms with E-state index in [0.717, 1.165) is 18.8 Å². The van der Waals surface area contributed by atoms with Crippen molar-refractivity contribution in [2.24, 2.45) is 5.92 Å². The van der Waals surface area contributed by atoms with Crippen molar-refractivity contribution < 1.29 is 8.42 Å². The van der Waals surface area contributed by atoms with Crippen LogP contribution in [-0.4, -0.2) is 26.8 Å². The fourth-order valence-corrected chi connectivity index (χ4v) is 3.82. The van der Waals surface area contributed by atoms with Crippen LogP contribution in [0.25, 0.3) is 0 Å². The van der Waals surface area contributed by atoms with E-state index in [2.05, 4.69) is 11.8 Å². The summed E-state index contributed by atoms with van der Waals surface area (Å²) in [5, 5.41) is -0.453. The van der Waals surface area contributed by atoms with Crippen LogP contribution in [0.5, 0.6) is 0 Å². The Hall–Kier alpha value is -1.23. The summed E-state index contributed by atoms with van der Waals surface area (Å²) in [5.41, 5.74) is 7.36. The van der Waals surface area contributed by atoms with Crippen LogP contribution >= 0.6 is 0 Å². The molecule has 0 radical (unpaired) electrons. The zero-order valence-corrected chi connectivity index (χ0v) is 13.3. The van der Waals surface area contributed by atoms with Crippen LogP contribution in [0.15, 0.2) is 23.1 Å². The largest absolute Gasteiger partial charge is 0.398 e. The van der Waals surface area contributed by atoms with Gasteiger partial charge in [0.2, 0.25) is 0 Å². The van der Waals surface area contributed by atoms with E-state index in [1.165, 1.54) is 12.8 Å². The standard InChI is InChI=1S/C15H24N2O2S/c1-11(2)20(18,19)15-7-6-13(9-14(15)16)17-8-4-5-12(3)10-17/h6-7,9,11-12H,4-5,8,10,16H2,1-3H3. The number of benzene rings is 1. The summed E-state index contributed by atoms with van der Waals surface area (Å²) < 4.78 is 24.4. The van der Waals surface area contributed by atoms with E-state index in [4.69, 9.17) is 5.73 Å². The highest BCUT2D eigenvalue weighted by molar-refractivity contribution is 7.92. The number of nitrogen functional groups attached to an aromatic ring is 1. The first kappa shape index (κ1) is 15.2. The second-order valence-corrected chi connectivity index (χ2v) is 8.48. The first-order valence-electron chi connectivity index (χ1n) is 7.20. The summed E-state index contributed by atoms with van der Waals surface area (Å²) in [4.78, 5) is 2.54. The lowest BCUT2D eigenvalue weighted by Gasteiger charge is -2.33. The van der Waals surface area contributed by atoms with Crippen molar-refractivity contribution in [3.63, 3.8) is 0 Å². The van der Waals surface area contributed by atoms with Gasteiger partial charge in [0.15, 0.2) is 9.84 Å². The molecular formula is C15H24N2O2S. The maximum absolute atomic E-state index is 12.2. The Morgan fingerprint density at radius 3 is 2.60 bits per heavy atom. The van der Waals surface area contributed by atoms with Gasteiger partial charge in [-0.1, -0.05) is 6.92 Å². The molecule has 4 nitrogen and oxygen atoms in total. The van der Waals surface area contributed by atoms with Gasteiger partial charge in [0.25, 0.3) is 0 Å². The third-order valence-corrected chi connectivity index (χ3v) is 6.17. The van der Waals surface area contributed by atoms with Crippen molar-refractivity contribution in [2.45, 2.75) is 43.8 Å². The van der Waals surface area contributed by atoms with E-state index >= 15 is 0 Å². The molecule has 1 heterocycles. The molecule has 2 N–H and O–H groups in total. The Morgan fingerprint density at radius 1 is 1.35 bits per heavy atom. The van der Waals surface area contributed by atoms with Crippen molar-refractivity contribution in [2.75, 3.05) is 23.7 Å². The van der Waals surface area contributed by atoms with Gasteiger partial charge in [-0.25, -0.2) is 8.42 Å². The summed E-state index contributed by atoms with van der Waals surface area (Å²) >= 11 is 0. The van der Waals surface area contributed by atoms with Gasteiger partial charge in [-0.15, -0.1) is 0 Å². The number of hydrogen-bond acceptors (Lipinski definition) is 4. The fraction of sp³-hybridized carbons (Fsp3) is 0.600. The number of nitrogens with two attached hydrogens (primary N) is 1. The van der Waals surface area contributed by atoms with E-state index in [0.29, 0.717) is 11.6 Å². The van der Waals surface area contributed by atoms with Gasteiger partial charge in [-0.3, -0.25) is 0 Å². The molecule has 1 aromatic carbocycles. The molecule has 2 rings (SSSR count). The van der Waals surface area contributed by atoms with Crippen LogP contribution < -0.4 is 10.6 Å². The minimum Gasteiger partial charge on any atom is -0.398 e. The molecule has 0 amide bonds. The number of rotatable bonds is 3. The minimum atomic E-state index is -3.31. The van der Waals surface area contributed by atoms with Crippen molar-refractivity contribution in [3.8, 4) is 0 Å². The summed E-state index contributed by atoms with van der Waals surface area (Å²) in [6.45, 7) is 7.62. The molecule has 1 fully saturated rings. The van der Waals surface area contributed by atoms with Crippen LogP contribution in [0, 0.1) is 5.92 Å². The molecule has 1 aliphatic heterocycles. The summed E-state index contributed by atoms with van der Waals surface area (Å²) in [7, 11) is -3.31. The molecule has 20 heavy (non-hydrogen) atoms. The topological polar surface area (TPSA) is 63.4 Å². The molecule has 112 valence electrons. The monoisotopic (exact) mass is 296 g/mol. The molecule has 1 aliphatic rings. The first-order chi connectivity index (χ1) is 9.32. The Kier molecular flexibility index (Phi) is 4.28. The van der Waals surface area contributed by atoms with Crippen molar-refractivity contribution in [1.82, 2.24) is 0 Å². The number of sulfone groups is 1. The lowest BCUT2D eigenvalue weighted by atomic mass is 10.00. The second kappa shape index (κ2) is 5.64. The highest BCUT2D eigenvalue weighted by Gasteiger charge is 2.23. The van der Waals surface area contributed by atoms with Crippen LogP contribution in [0.1, 0.15) is 33.6 Å². The molecule has 5 heteroatoms. The summed E-state index contributed by atoms with van der Waals surface area (Å²) in [6, 6.07) is 5.33. The normalized spacial score (nSPS) is 20.4. The summed E-state index contributed by atoms with van der Waals surface area (Å²) in [6.07, 6.45) is 2.43. The van der Waals surface area contributed by atoms with Gasteiger partial charge >= 0.3 is 0 Å². The van der Waals surface area contributed by atoms with Gasteiger partial charge in [-0.05, 0) is 50.8 Å². The third-order valence-electron chi connectivity index (χ3n) is 3.94. The first-order valence-corrected chi connectivity index (χ1v) is 8.75. The van der Waals surface area contributed by atoms with Crippen LogP contribution in [0.3, 0.4) is 0 Å². The second-order valence-electron chi connectivity index (χ2n) is 6.01. The molecule has 1 atom stereocenters. The Labute approximate surface area is 121 Å². The molecule has 1 aromatic rings. The smallest absolute Gasteiger partial charge is 0.182 e. The number of anilines is 2.